The molecule has 0 saturated carbocycles. The summed E-state index contributed by atoms with van der Waals surface area (Å²) >= 11 is 13.4. The van der Waals surface area contributed by atoms with Crippen molar-refractivity contribution in [2.24, 2.45) is 0 Å². The zero-order valence-corrected chi connectivity index (χ0v) is 17.3. The lowest BCUT2D eigenvalue weighted by Crippen LogP contribution is -2.24. The van der Waals surface area contributed by atoms with Crippen molar-refractivity contribution >= 4 is 40.9 Å². The third-order valence-corrected chi connectivity index (χ3v) is 5.44. The summed E-state index contributed by atoms with van der Waals surface area (Å²) in [6, 6.07) is 14.4. The highest BCUT2D eigenvalue weighted by Gasteiger charge is 2.13. The van der Waals surface area contributed by atoms with Crippen molar-refractivity contribution in [1.29, 1.82) is 0 Å². The Morgan fingerprint density at radius 2 is 1.71 bits per heavy atom. The van der Waals surface area contributed by atoms with Gasteiger partial charge in [-0.1, -0.05) is 53.2 Å². The number of thioether (sulfide) groups is 1. The van der Waals surface area contributed by atoms with Gasteiger partial charge in [-0.2, -0.15) is 0 Å². The highest BCUT2D eigenvalue weighted by molar-refractivity contribution is 7.98. The van der Waals surface area contributed by atoms with Crippen molar-refractivity contribution in [3.05, 3.63) is 88.2 Å². The number of allylic oxidation sites excluding steroid dienone is 1. The molecule has 0 aliphatic carbocycles. The number of hydrogen-bond donors (Lipinski definition) is 1. The predicted molar refractivity (Wildman–Crippen MR) is 114 cm³/mol. The number of carbonyl (C=O) groups is 1. The normalized spacial score (nSPS) is 10.6. The van der Waals surface area contributed by atoms with E-state index in [0.29, 0.717) is 28.0 Å². The maximum atomic E-state index is 12.3. The summed E-state index contributed by atoms with van der Waals surface area (Å²) in [7, 11) is 0. The first-order chi connectivity index (χ1) is 13.6. The van der Waals surface area contributed by atoms with Gasteiger partial charge in [-0.05, 0) is 42.0 Å². The van der Waals surface area contributed by atoms with Gasteiger partial charge in [0.2, 0.25) is 0 Å². The second-order valence-electron chi connectivity index (χ2n) is 5.90. The molecule has 0 fully saturated rings. The Labute approximate surface area is 177 Å². The van der Waals surface area contributed by atoms with Crippen molar-refractivity contribution in [2.45, 2.75) is 24.0 Å². The van der Waals surface area contributed by atoms with Gasteiger partial charge < -0.3 is 9.88 Å². The van der Waals surface area contributed by atoms with E-state index < -0.39 is 0 Å². The van der Waals surface area contributed by atoms with Gasteiger partial charge in [0.1, 0.15) is 0 Å². The van der Waals surface area contributed by atoms with Crippen LogP contribution in [0.1, 0.15) is 21.7 Å². The molecule has 3 aromatic rings. The Kier molecular flexibility index (Phi) is 7.14. The fraction of sp³-hybridized carbons (Fsp3) is 0.150. The Morgan fingerprint density at radius 3 is 2.36 bits per heavy atom. The van der Waals surface area contributed by atoms with Crippen molar-refractivity contribution in [3.8, 4) is 0 Å². The van der Waals surface area contributed by atoms with Crippen molar-refractivity contribution in [1.82, 2.24) is 20.1 Å². The van der Waals surface area contributed by atoms with Crippen molar-refractivity contribution in [2.75, 3.05) is 0 Å². The molecule has 0 radical (unpaired) electrons. The van der Waals surface area contributed by atoms with E-state index in [0.717, 1.165) is 16.5 Å². The summed E-state index contributed by atoms with van der Waals surface area (Å²) in [5.74, 6) is 1.21. The van der Waals surface area contributed by atoms with E-state index in [1.54, 1.807) is 42.1 Å². The van der Waals surface area contributed by atoms with Crippen molar-refractivity contribution < 1.29 is 4.79 Å². The molecule has 1 heterocycles. The molecule has 0 atom stereocenters. The Morgan fingerprint density at radius 1 is 1.07 bits per heavy atom. The van der Waals surface area contributed by atoms with E-state index in [-0.39, 0.29) is 12.5 Å². The number of benzene rings is 2. The largest absolute Gasteiger partial charge is 0.345 e. The van der Waals surface area contributed by atoms with E-state index in [1.807, 2.05) is 28.8 Å². The van der Waals surface area contributed by atoms with Crippen LogP contribution in [0, 0.1) is 0 Å². The third kappa shape index (κ3) is 5.38. The van der Waals surface area contributed by atoms with Gasteiger partial charge in [0.05, 0.1) is 6.54 Å². The van der Waals surface area contributed by atoms with Gasteiger partial charge in [-0.3, -0.25) is 4.79 Å². The molecule has 1 amide bonds. The molecular formula is C20H18Cl2N4OS. The molecule has 0 aliphatic rings. The first kappa shape index (κ1) is 20.5. The molecule has 0 spiro atoms. The lowest BCUT2D eigenvalue weighted by Gasteiger charge is -2.09. The lowest BCUT2D eigenvalue weighted by molar-refractivity contribution is 0.0949. The highest BCUT2D eigenvalue weighted by atomic mass is 35.5. The smallest absolute Gasteiger partial charge is 0.251 e. The number of nitrogens with one attached hydrogen (secondary N) is 1. The van der Waals surface area contributed by atoms with Gasteiger partial charge in [-0.25, -0.2) is 0 Å². The minimum absolute atomic E-state index is 0.194. The van der Waals surface area contributed by atoms with Crippen LogP contribution in [-0.4, -0.2) is 20.7 Å². The number of rotatable bonds is 8. The summed E-state index contributed by atoms with van der Waals surface area (Å²) in [6.07, 6.45) is 1.78. The van der Waals surface area contributed by atoms with Gasteiger partial charge in [0.15, 0.2) is 11.0 Å². The summed E-state index contributed by atoms with van der Waals surface area (Å²) in [5.41, 5.74) is 1.68. The summed E-state index contributed by atoms with van der Waals surface area (Å²) in [5, 5.41) is 13.4. The average Bonchev–Trinajstić information content (AvgIpc) is 3.08. The number of hydrogen-bond acceptors (Lipinski definition) is 4. The highest BCUT2D eigenvalue weighted by Crippen LogP contribution is 2.23. The van der Waals surface area contributed by atoms with Gasteiger partial charge >= 0.3 is 0 Å². The minimum atomic E-state index is -0.194. The first-order valence-electron chi connectivity index (χ1n) is 8.51. The Bertz CT molecular complexity index is 955. The van der Waals surface area contributed by atoms with Gasteiger partial charge in [0, 0.05) is 27.9 Å². The number of nitrogens with zero attached hydrogens (tertiary/aromatic N) is 3. The molecule has 2 aromatic carbocycles. The van der Waals surface area contributed by atoms with Crippen LogP contribution in [-0.2, 0) is 18.8 Å². The van der Waals surface area contributed by atoms with E-state index in [9.17, 15) is 4.79 Å². The van der Waals surface area contributed by atoms with Crippen LogP contribution in [0.2, 0.25) is 10.0 Å². The van der Waals surface area contributed by atoms with Crippen LogP contribution >= 0.6 is 35.0 Å². The molecule has 28 heavy (non-hydrogen) atoms. The lowest BCUT2D eigenvalue weighted by atomic mass is 10.2. The zero-order chi connectivity index (χ0) is 19.9. The fourth-order valence-electron chi connectivity index (χ4n) is 2.46. The topological polar surface area (TPSA) is 59.8 Å². The molecule has 0 aliphatic heterocycles. The maximum Gasteiger partial charge on any atom is 0.251 e. The molecule has 1 aromatic heterocycles. The Hall–Kier alpha value is -2.28. The molecule has 1 N–H and O–H groups in total. The third-order valence-electron chi connectivity index (χ3n) is 3.90. The predicted octanol–water partition coefficient (Wildman–Crippen LogP) is 4.99. The number of halogens is 2. The molecule has 8 heteroatoms. The van der Waals surface area contributed by atoms with Gasteiger partial charge in [-0.15, -0.1) is 16.8 Å². The number of amides is 1. The summed E-state index contributed by atoms with van der Waals surface area (Å²) in [4.78, 5) is 12.3. The number of carbonyl (C=O) groups excluding carboxylic acids is 1. The van der Waals surface area contributed by atoms with Crippen molar-refractivity contribution in [3.63, 3.8) is 0 Å². The average molecular weight is 433 g/mol. The zero-order valence-electron chi connectivity index (χ0n) is 14.9. The van der Waals surface area contributed by atoms with E-state index >= 15 is 0 Å². The first-order valence-corrected chi connectivity index (χ1v) is 10.2. The van der Waals surface area contributed by atoms with E-state index in [2.05, 4.69) is 22.1 Å². The Balaban J connectivity index is 1.65. The van der Waals surface area contributed by atoms with Crippen LogP contribution in [0.3, 0.4) is 0 Å². The molecule has 0 saturated heterocycles. The van der Waals surface area contributed by atoms with Crippen LogP contribution in [0.4, 0.5) is 0 Å². The van der Waals surface area contributed by atoms with E-state index in [4.69, 9.17) is 23.2 Å². The van der Waals surface area contributed by atoms with Gasteiger partial charge in [0.25, 0.3) is 5.91 Å². The maximum absolute atomic E-state index is 12.3. The SMILES string of the molecule is C=CCn1c(CNC(=O)c2ccc(Cl)cc2)nnc1SCc1ccc(Cl)cc1. The fourth-order valence-corrected chi connectivity index (χ4v) is 3.63. The molecule has 5 nitrogen and oxygen atoms in total. The standard InChI is InChI=1S/C20H18Cl2N4OS/c1-2-11-26-18(12-23-19(27)15-5-9-17(22)10-6-15)24-25-20(26)28-13-14-3-7-16(21)8-4-14/h2-10H,1,11-13H2,(H,23,27). The second-order valence-corrected chi connectivity index (χ2v) is 7.72. The van der Waals surface area contributed by atoms with Crippen LogP contribution in [0.25, 0.3) is 0 Å². The van der Waals surface area contributed by atoms with Crippen LogP contribution in [0.5, 0.6) is 0 Å². The molecular weight excluding hydrogens is 415 g/mol. The summed E-state index contributed by atoms with van der Waals surface area (Å²) < 4.78 is 1.94. The van der Waals surface area contributed by atoms with Crippen LogP contribution in [0.15, 0.2) is 66.3 Å². The molecule has 0 bridgehead atoms. The molecule has 0 unspecified atom stereocenters. The minimum Gasteiger partial charge on any atom is -0.345 e. The van der Waals surface area contributed by atoms with Crippen LogP contribution < -0.4 is 5.32 Å². The monoisotopic (exact) mass is 432 g/mol. The summed E-state index contributed by atoms with van der Waals surface area (Å²) in [6.45, 7) is 4.62. The molecule has 144 valence electrons. The molecule has 3 rings (SSSR count). The quantitative estimate of drug-likeness (QED) is 0.402. The second kappa shape index (κ2) is 9.78. The van der Waals surface area contributed by atoms with E-state index in [1.165, 1.54) is 0 Å². The number of aromatic nitrogens is 3.